The Morgan fingerprint density at radius 2 is 1.74 bits per heavy atom. The average molecular weight is 524 g/mol. The predicted octanol–water partition coefficient (Wildman–Crippen LogP) is 6.63. The van der Waals surface area contributed by atoms with Crippen molar-refractivity contribution in [2.45, 2.75) is 53.1 Å². The van der Waals surface area contributed by atoms with Gasteiger partial charge in [-0.3, -0.25) is 9.78 Å². The Morgan fingerprint density at radius 1 is 1.00 bits per heavy atom. The van der Waals surface area contributed by atoms with Crippen LogP contribution in [0.5, 0.6) is 0 Å². The summed E-state index contributed by atoms with van der Waals surface area (Å²) in [6.45, 7) is 10.3. The first kappa shape index (κ1) is 25.7. The van der Waals surface area contributed by atoms with E-state index < -0.39 is 0 Å². The zero-order valence-corrected chi connectivity index (χ0v) is 23.3. The summed E-state index contributed by atoms with van der Waals surface area (Å²) >= 11 is 5.94. The number of pyridine rings is 1. The first-order valence-electron chi connectivity index (χ1n) is 13.0. The molecule has 1 aliphatic rings. The van der Waals surface area contributed by atoms with Crippen molar-refractivity contribution in [3.63, 3.8) is 0 Å². The normalized spacial score (nSPS) is 17.0. The molecule has 6 nitrogen and oxygen atoms in total. The van der Waals surface area contributed by atoms with E-state index in [0.717, 1.165) is 39.7 Å². The third-order valence-electron chi connectivity index (χ3n) is 7.26. The maximum absolute atomic E-state index is 12.0. The van der Waals surface area contributed by atoms with Gasteiger partial charge in [0.25, 0.3) is 0 Å². The third-order valence-corrected chi connectivity index (χ3v) is 7.58. The summed E-state index contributed by atoms with van der Waals surface area (Å²) in [6, 6.07) is 22.7. The Morgan fingerprint density at radius 3 is 2.39 bits per heavy atom. The van der Waals surface area contributed by atoms with E-state index in [2.05, 4.69) is 77.3 Å². The topological polar surface area (TPSA) is 62.2 Å². The molecule has 194 valence electrons. The highest BCUT2D eigenvalue weighted by molar-refractivity contribution is 7.80. The molecule has 1 aliphatic heterocycles. The van der Waals surface area contributed by atoms with E-state index in [1.54, 1.807) is 0 Å². The molecule has 2 N–H and O–H groups in total. The Bertz CT molecular complexity index is 1490. The van der Waals surface area contributed by atoms with Crippen molar-refractivity contribution in [3.8, 4) is 5.69 Å². The van der Waals surface area contributed by atoms with Crippen LogP contribution >= 0.6 is 12.2 Å². The molecule has 0 radical (unpaired) electrons. The van der Waals surface area contributed by atoms with Crippen molar-refractivity contribution < 1.29 is 4.79 Å². The summed E-state index contributed by atoms with van der Waals surface area (Å²) in [6.07, 6.45) is 2.26. The molecule has 1 saturated heterocycles. The number of carbonyl (C=O) groups excluding carboxylic acids is 1. The minimum atomic E-state index is -0.129. The van der Waals surface area contributed by atoms with Crippen molar-refractivity contribution in [3.05, 3.63) is 107 Å². The molecular weight excluding hydrogens is 490 g/mol. The van der Waals surface area contributed by atoms with Gasteiger partial charge in [0.2, 0.25) is 5.91 Å². The maximum atomic E-state index is 12.0. The molecule has 0 saturated carbocycles. The highest BCUT2D eigenvalue weighted by Crippen LogP contribution is 2.44. The number of benzene rings is 2. The lowest BCUT2D eigenvalue weighted by molar-refractivity contribution is -0.115. The van der Waals surface area contributed by atoms with Crippen LogP contribution < -0.4 is 15.5 Å². The van der Waals surface area contributed by atoms with E-state index in [9.17, 15) is 4.79 Å². The van der Waals surface area contributed by atoms with Gasteiger partial charge in [0.05, 0.1) is 17.8 Å². The quantitative estimate of drug-likeness (QED) is 0.278. The fraction of sp³-hybridized carbons (Fsp3) is 0.258. The summed E-state index contributed by atoms with van der Waals surface area (Å²) in [7, 11) is 0. The van der Waals surface area contributed by atoms with Gasteiger partial charge in [-0.05, 0) is 99.6 Å². The van der Waals surface area contributed by atoms with Crippen LogP contribution in [0.2, 0.25) is 0 Å². The molecule has 1 fully saturated rings. The SMILES string of the molecule is CCC(=O)Nc1ccc(N2C(=S)N[C@@H](c3ccccn3)[C@@H]2c2cc(C)n(-c3ccc(C)cc3)c2C)cc1C. The zero-order chi connectivity index (χ0) is 27.0. The molecule has 7 heteroatoms. The van der Waals surface area contributed by atoms with Gasteiger partial charge in [0.15, 0.2) is 5.11 Å². The molecule has 4 aromatic rings. The number of anilines is 2. The lowest BCUT2D eigenvalue weighted by atomic mass is 9.96. The molecule has 1 amide bonds. The monoisotopic (exact) mass is 523 g/mol. The Kier molecular flexibility index (Phi) is 7.04. The van der Waals surface area contributed by atoms with Crippen LogP contribution in [0.15, 0.2) is 72.9 Å². The van der Waals surface area contributed by atoms with Crippen molar-refractivity contribution in [1.29, 1.82) is 0 Å². The van der Waals surface area contributed by atoms with Crippen LogP contribution in [0, 0.1) is 27.7 Å². The molecule has 0 unspecified atom stereocenters. The lowest BCUT2D eigenvalue weighted by Gasteiger charge is -2.29. The van der Waals surface area contributed by atoms with Crippen LogP contribution in [0.4, 0.5) is 11.4 Å². The highest BCUT2D eigenvalue weighted by Gasteiger charge is 2.42. The molecule has 2 aromatic heterocycles. The molecular formula is C31H33N5OS. The van der Waals surface area contributed by atoms with E-state index in [0.29, 0.717) is 11.5 Å². The molecule has 0 bridgehead atoms. The van der Waals surface area contributed by atoms with Crippen molar-refractivity contribution in [1.82, 2.24) is 14.9 Å². The summed E-state index contributed by atoms with van der Waals surface area (Å²) < 4.78 is 2.30. The largest absolute Gasteiger partial charge is 0.351 e. The molecule has 2 atom stereocenters. The zero-order valence-electron chi connectivity index (χ0n) is 22.4. The predicted molar refractivity (Wildman–Crippen MR) is 158 cm³/mol. The number of amides is 1. The molecule has 38 heavy (non-hydrogen) atoms. The third kappa shape index (κ3) is 4.70. The summed E-state index contributed by atoms with van der Waals surface area (Å²) in [5.41, 5.74) is 9.59. The van der Waals surface area contributed by atoms with Gasteiger partial charge >= 0.3 is 0 Å². The highest BCUT2D eigenvalue weighted by atomic mass is 32.1. The fourth-order valence-corrected chi connectivity index (χ4v) is 5.65. The Labute approximate surface area is 229 Å². The standard InChI is InChI=1S/C31H33N5OS/c1-6-28(37)33-26-15-14-24(17-20(26)3)36-30(29(34-31(36)38)27-9-7-8-16-32-27)25-18-21(4)35(22(25)5)23-12-10-19(2)11-13-23/h7-18,29-30H,6H2,1-5H3,(H,33,37)(H,34,38)/t29-,30-/m0/s1. The van der Waals surface area contributed by atoms with Gasteiger partial charge in [-0.15, -0.1) is 0 Å². The molecule has 0 aliphatic carbocycles. The van der Waals surface area contributed by atoms with Gasteiger partial charge in [0.1, 0.15) is 0 Å². The second-order valence-corrected chi connectivity index (χ2v) is 10.3. The summed E-state index contributed by atoms with van der Waals surface area (Å²) in [5.74, 6) is -0.00384. The van der Waals surface area contributed by atoms with Crippen LogP contribution in [-0.4, -0.2) is 20.6 Å². The number of nitrogens with one attached hydrogen (secondary N) is 2. The van der Waals surface area contributed by atoms with E-state index in [4.69, 9.17) is 17.2 Å². The summed E-state index contributed by atoms with van der Waals surface area (Å²) in [4.78, 5) is 18.9. The van der Waals surface area contributed by atoms with Crippen LogP contribution in [0.3, 0.4) is 0 Å². The van der Waals surface area contributed by atoms with E-state index >= 15 is 0 Å². The van der Waals surface area contributed by atoms with Crippen molar-refractivity contribution in [2.75, 3.05) is 10.2 Å². The summed E-state index contributed by atoms with van der Waals surface area (Å²) in [5, 5.41) is 7.20. The van der Waals surface area contributed by atoms with E-state index in [-0.39, 0.29) is 18.0 Å². The molecule has 0 spiro atoms. The van der Waals surface area contributed by atoms with Crippen LogP contribution in [0.1, 0.15) is 59.2 Å². The van der Waals surface area contributed by atoms with Gasteiger partial charge in [0, 0.05) is 41.1 Å². The number of hydrogen-bond donors (Lipinski definition) is 2. The van der Waals surface area contributed by atoms with E-state index in [1.165, 1.54) is 11.1 Å². The van der Waals surface area contributed by atoms with Crippen molar-refractivity contribution in [2.24, 2.45) is 0 Å². The van der Waals surface area contributed by atoms with E-state index in [1.807, 2.05) is 50.4 Å². The number of carbonyl (C=O) groups is 1. The number of aryl methyl sites for hydroxylation is 3. The second kappa shape index (κ2) is 10.4. The maximum Gasteiger partial charge on any atom is 0.224 e. The van der Waals surface area contributed by atoms with Gasteiger partial charge < -0.3 is 20.1 Å². The van der Waals surface area contributed by atoms with Gasteiger partial charge in [-0.1, -0.05) is 30.7 Å². The number of hydrogen-bond acceptors (Lipinski definition) is 3. The smallest absolute Gasteiger partial charge is 0.224 e. The Hall–Kier alpha value is -3.97. The van der Waals surface area contributed by atoms with Gasteiger partial charge in [-0.2, -0.15) is 0 Å². The van der Waals surface area contributed by atoms with Gasteiger partial charge in [-0.25, -0.2) is 0 Å². The van der Waals surface area contributed by atoms with Crippen LogP contribution in [-0.2, 0) is 4.79 Å². The van der Waals surface area contributed by atoms with Crippen LogP contribution in [0.25, 0.3) is 5.69 Å². The molecule has 3 heterocycles. The minimum absolute atomic E-state index is 0.00384. The average Bonchev–Trinajstić information content (AvgIpc) is 3.41. The minimum Gasteiger partial charge on any atom is -0.351 e. The molecule has 5 rings (SSSR count). The number of aromatic nitrogens is 2. The van der Waals surface area contributed by atoms with Crippen molar-refractivity contribution >= 4 is 34.6 Å². The number of thiocarbonyl (C=S) groups is 1. The Balaban J connectivity index is 1.63. The first-order chi connectivity index (χ1) is 18.3. The second-order valence-electron chi connectivity index (χ2n) is 9.89. The number of rotatable bonds is 6. The first-order valence-corrected chi connectivity index (χ1v) is 13.4. The molecule has 2 aromatic carbocycles. The number of nitrogens with zero attached hydrogens (tertiary/aromatic N) is 3. The fourth-order valence-electron chi connectivity index (χ4n) is 5.30. The lowest BCUT2D eigenvalue weighted by Crippen LogP contribution is -2.29.